The molecule has 26 heavy (non-hydrogen) atoms. The minimum absolute atomic E-state index is 0.107. The van der Waals surface area contributed by atoms with E-state index in [9.17, 15) is 19.8 Å². The molecule has 2 N–H and O–H groups in total. The number of hydrogen-bond donors (Lipinski definition) is 2. The summed E-state index contributed by atoms with van der Waals surface area (Å²) in [5.74, 6) is -0.0636. The van der Waals surface area contributed by atoms with Crippen LogP contribution in [-0.2, 0) is 14.3 Å². The van der Waals surface area contributed by atoms with Crippen LogP contribution in [-0.4, -0.2) is 40.8 Å². The maximum Gasteiger partial charge on any atom is 0.336 e. The van der Waals surface area contributed by atoms with Gasteiger partial charge >= 0.3 is 5.97 Å². The van der Waals surface area contributed by atoms with Gasteiger partial charge < -0.3 is 14.9 Å². The van der Waals surface area contributed by atoms with Crippen LogP contribution in [0.25, 0.3) is 0 Å². The van der Waals surface area contributed by atoms with Gasteiger partial charge in [0.15, 0.2) is 11.4 Å². The third kappa shape index (κ3) is 2.04. The van der Waals surface area contributed by atoms with Crippen molar-refractivity contribution >= 4 is 11.8 Å². The number of hydrogen-bond acceptors (Lipinski definition) is 4. The lowest BCUT2D eigenvalue weighted by Crippen LogP contribution is -2.62. The normalized spacial score (nSPS) is 50.5. The van der Waals surface area contributed by atoms with Crippen LogP contribution in [0.2, 0.25) is 0 Å². The molecule has 7 atom stereocenters. The molecule has 0 amide bonds. The Bertz CT molecular complexity index is 684. The van der Waals surface area contributed by atoms with Crippen molar-refractivity contribution in [3.63, 3.8) is 0 Å². The summed E-state index contributed by atoms with van der Waals surface area (Å²) in [6, 6.07) is 0. The van der Waals surface area contributed by atoms with E-state index in [4.69, 9.17) is 4.74 Å². The second-order valence-corrected chi connectivity index (χ2v) is 9.45. The number of ether oxygens (including phenoxy) is 1. The molecule has 7 unspecified atom stereocenters. The predicted molar refractivity (Wildman–Crippen MR) is 95.5 cm³/mol. The molecule has 0 spiro atoms. The van der Waals surface area contributed by atoms with Gasteiger partial charge in [0.05, 0.1) is 6.10 Å². The monoisotopic (exact) mass is 362 g/mol. The molecule has 0 aliphatic heterocycles. The van der Waals surface area contributed by atoms with E-state index in [1.807, 2.05) is 13.0 Å². The van der Waals surface area contributed by atoms with Gasteiger partial charge in [0.1, 0.15) is 0 Å². The first-order valence-corrected chi connectivity index (χ1v) is 9.90. The molecule has 4 aliphatic rings. The van der Waals surface area contributed by atoms with Gasteiger partial charge in [0.25, 0.3) is 0 Å². The van der Waals surface area contributed by atoms with E-state index in [0.29, 0.717) is 19.3 Å². The molecule has 0 saturated heterocycles. The number of ketones is 1. The fourth-order valence-corrected chi connectivity index (χ4v) is 7.45. The van der Waals surface area contributed by atoms with Crippen LogP contribution in [0.3, 0.4) is 0 Å². The molecule has 0 radical (unpaired) electrons. The molecule has 5 nitrogen and oxygen atoms in total. The topological polar surface area (TPSA) is 83.8 Å². The maximum atomic E-state index is 12.2. The summed E-state index contributed by atoms with van der Waals surface area (Å²) in [6.07, 6.45) is 6.22. The number of allylic oxidation sites excluding steroid dienone is 1. The Hall–Kier alpha value is -1.20. The number of aliphatic hydroxyl groups is 1. The standard InChI is InChI=1S/C21H30O5/c1-19-8-6-13(22)10-12(19)4-5-14-15-7-9-21(26-3,18(24)25)20(15,2)11-16(23)17(14)19/h10,14-17,23H,4-9,11H2,1-3H3,(H,24,25). The van der Waals surface area contributed by atoms with E-state index < -0.39 is 23.1 Å². The predicted octanol–water partition coefficient (Wildman–Crippen LogP) is 2.96. The minimum atomic E-state index is -1.21. The molecule has 4 aliphatic carbocycles. The van der Waals surface area contributed by atoms with Crippen molar-refractivity contribution in [3.8, 4) is 0 Å². The highest BCUT2D eigenvalue weighted by Crippen LogP contribution is 2.68. The average Bonchev–Trinajstić information content (AvgIpc) is 2.88. The van der Waals surface area contributed by atoms with Gasteiger partial charge in [-0.15, -0.1) is 0 Å². The quantitative estimate of drug-likeness (QED) is 0.789. The number of carbonyl (C=O) groups excluding carboxylic acids is 1. The van der Waals surface area contributed by atoms with Gasteiger partial charge in [0, 0.05) is 18.9 Å². The summed E-state index contributed by atoms with van der Waals surface area (Å²) in [6.45, 7) is 4.23. The van der Waals surface area contributed by atoms with Crippen LogP contribution < -0.4 is 0 Å². The third-order valence-corrected chi connectivity index (χ3v) is 8.71. The molecule has 0 aromatic rings. The second-order valence-electron chi connectivity index (χ2n) is 9.45. The first-order chi connectivity index (χ1) is 12.2. The third-order valence-electron chi connectivity index (χ3n) is 8.71. The molecule has 3 saturated carbocycles. The number of fused-ring (bicyclic) bond motifs is 5. The Balaban J connectivity index is 1.76. The number of carbonyl (C=O) groups is 2. The van der Waals surface area contributed by atoms with Gasteiger partial charge in [-0.3, -0.25) is 4.79 Å². The number of rotatable bonds is 2. The number of aliphatic hydroxyl groups excluding tert-OH is 1. The van der Waals surface area contributed by atoms with Crippen molar-refractivity contribution in [2.24, 2.45) is 28.6 Å². The smallest absolute Gasteiger partial charge is 0.336 e. The van der Waals surface area contributed by atoms with Crippen molar-refractivity contribution in [3.05, 3.63) is 11.6 Å². The summed E-state index contributed by atoms with van der Waals surface area (Å²) in [5.41, 5.74) is -0.703. The van der Waals surface area contributed by atoms with Crippen LogP contribution in [0.4, 0.5) is 0 Å². The van der Waals surface area contributed by atoms with Crippen LogP contribution in [0, 0.1) is 28.6 Å². The highest BCUT2D eigenvalue weighted by atomic mass is 16.5. The highest BCUT2D eigenvalue weighted by molar-refractivity contribution is 5.91. The summed E-state index contributed by atoms with van der Waals surface area (Å²) < 4.78 is 5.64. The van der Waals surface area contributed by atoms with E-state index in [-0.39, 0.29) is 29.0 Å². The zero-order valence-corrected chi connectivity index (χ0v) is 16.0. The van der Waals surface area contributed by atoms with Crippen LogP contribution >= 0.6 is 0 Å². The SMILES string of the molecule is COC1(C(=O)O)CCC2C3CCC4=CC(=O)CCC4(C)C3C(O)CC21C. The van der Waals surface area contributed by atoms with E-state index in [0.717, 1.165) is 25.7 Å². The van der Waals surface area contributed by atoms with Gasteiger partial charge in [-0.05, 0) is 67.8 Å². The number of carboxylic acid groups (broad SMARTS) is 1. The largest absolute Gasteiger partial charge is 0.479 e. The summed E-state index contributed by atoms with van der Waals surface area (Å²) in [7, 11) is 1.50. The lowest BCUT2D eigenvalue weighted by molar-refractivity contribution is -0.201. The van der Waals surface area contributed by atoms with Crippen LogP contribution in [0.5, 0.6) is 0 Å². The molecular formula is C21H30O5. The second kappa shape index (κ2) is 5.65. The van der Waals surface area contributed by atoms with Crippen molar-refractivity contribution in [2.75, 3.05) is 7.11 Å². The van der Waals surface area contributed by atoms with Crippen molar-refractivity contribution in [1.29, 1.82) is 0 Å². The Morgan fingerprint density at radius 3 is 2.62 bits per heavy atom. The zero-order valence-electron chi connectivity index (χ0n) is 16.0. The molecule has 0 aromatic heterocycles. The maximum absolute atomic E-state index is 12.2. The van der Waals surface area contributed by atoms with Crippen LogP contribution in [0.1, 0.15) is 58.8 Å². The van der Waals surface area contributed by atoms with Crippen molar-refractivity contribution in [2.45, 2.75) is 70.5 Å². The molecule has 144 valence electrons. The Labute approximate surface area is 154 Å². The molecule has 0 heterocycles. The molecular weight excluding hydrogens is 332 g/mol. The van der Waals surface area contributed by atoms with Crippen LogP contribution in [0.15, 0.2) is 11.6 Å². The van der Waals surface area contributed by atoms with Gasteiger partial charge in [-0.2, -0.15) is 0 Å². The molecule has 4 rings (SSSR count). The lowest BCUT2D eigenvalue weighted by atomic mass is 9.45. The van der Waals surface area contributed by atoms with E-state index in [1.54, 1.807) is 0 Å². The lowest BCUT2D eigenvalue weighted by Gasteiger charge is -2.60. The molecule has 0 bridgehead atoms. The first-order valence-electron chi connectivity index (χ1n) is 9.90. The Morgan fingerprint density at radius 1 is 1.23 bits per heavy atom. The van der Waals surface area contributed by atoms with E-state index >= 15 is 0 Å². The average molecular weight is 362 g/mol. The van der Waals surface area contributed by atoms with Gasteiger partial charge in [-0.25, -0.2) is 4.79 Å². The molecule has 3 fully saturated rings. The summed E-state index contributed by atoms with van der Waals surface area (Å²) in [4.78, 5) is 24.1. The van der Waals surface area contributed by atoms with Gasteiger partial charge in [-0.1, -0.05) is 19.4 Å². The van der Waals surface area contributed by atoms with E-state index in [1.165, 1.54) is 12.7 Å². The van der Waals surface area contributed by atoms with Gasteiger partial charge in [0.2, 0.25) is 0 Å². The van der Waals surface area contributed by atoms with E-state index in [2.05, 4.69) is 6.92 Å². The Kier molecular flexibility index (Phi) is 3.95. The fraction of sp³-hybridized carbons (Fsp3) is 0.810. The molecule has 5 heteroatoms. The highest BCUT2D eigenvalue weighted by Gasteiger charge is 2.69. The fourth-order valence-electron chi connectivity index (χ4n) is 7.45. The number of methoxy groups -OCH3 is 1. The minimum Gasteiger partial charge on any atom is -0.479 e. The van der Waals surface area contributed by atoms with Crippen molar-refractivity contribution in [1.82, 2.24) is 0 Å². The number of aliphatic carboxylic acids is 1. The number of carboxylic acids is 1. The summed E-state index contributed by atoms with van der Waals surface area (Å²) >= 11 is 0. The first kappa shape index (κ1) is 18.2. The zero-order chi connectivity index (χ0) is 18.9. The molecule has 0 aromatic carbocycles. The Morgan fingerprint density at radius 2 is 1.96 bits per heavy atom. The summed E-state index contributed by atoms with van der Waals surface area (Å²) in [5, 5.41) is 21.2. The van der Waals surface area contributed by atoms with Crippen molar-refractivity contribution < 1.29 is 24.5 Å².